The average molecular weight is 258 g/mol. The van der Waals surface area contributed by atoms with Gasteiger partial charge in [0.15, 0.2) is 0 Å². The minimum atomic E-state index is -0.998. The second-order valence-electron chi connectivity index (χ2n) is 0.509. The number of hydrogen-bond donors (Lipinski definition) is 0. The second kappa shape index (κ2) is 4.23. The van der Waals surface area contributed by atoms with E-state index in [0.717, 1.165) is 0 Å². The summed E-state index contributed by atoms with van der Waals surface area (Å²) in [6, 6.07) is 0. The molecule has 5 heavy (non-hydrogen) atoms. The van der Waals surface area contributed by atoms with Crippen LogP contribution < -0.4 is 0 Å². The maximum atomic E-state index is 6.06. The van der Waals surface area contributed by atoms with Crippen molar-refractivity contribution in [3.8, 4) is 0 Å². The predicted molar refractivity (Wildman–Crippen MR) is 13.6 cm³/mol. The summed E-state index contributed by atoms with van der Waals surface area (Å²) in [6.45, 7) is 6.06. The molecular weight excluding hydrogens is 255 g/mol. The van der Waals surface area contributed by atoms with Crippen LogP contribution >= 0.6 is 0 Å². The molecule has 0 rings (SSSR count). The molecule has 0 aliphatic carbocycles. The first-order valence-electron chi connectivity index (χ1n) is 1.40. The Kier molecular flexibility index (Phi) is 4.42. The Morgan fingerprint density at radius 1 is 2.00 bits per heavy atom. The van der Waals surface area contributed by atoms with Gasteiger partial charge in [0.2, 0.25) is 0 Å². The van der Waals surface area contributed by atoms with Crippen LogP contribution in [0.3, 0.4) is 0 Å². The van der Waals surface area contributed by atoms with Crippen LogP contribution in [0, 0.1) is 6.57 Å². The van der Waals surface area contributed by atoms with E-state index < -0.39 is 25.0 Å². The fraction of sp³-hybridized carbons (Fsp3) is 0.500. The predicted octanol–water partition coefficient (Wildman–Crippen LogP) is 0.883. The standard InChI is InChI=1S/CNO.CH3.Hg/c1-2-3;;/h;1H3;/q-1;;+1. The summed E-state index contributed by atoms with van der Waals surface area (Å²) in [5, 5.41) is 2.70. The first-order valence-corrected chi connectivity index (χ1v) is 9.14. The van der Waals surface area contributed by atoms with Crippen LogP contribution in [0.5, 0.6) is 0 Å². The van der Waals surface area contributed by atoms with Gasteiger partial charge >= 0.3 is 43.8 Å². The normalized spacial score (nSPS) is 4.00. The van der Waals surface area contributed by atoms with Crippen molar-refractivity contribution >= 4 is 0 Å². The van der Waals surface area contributed by atoms with Crippen LogP contribution in [0.2, 0.25) is 4.43 Å². The fourth-order valence-electron chi connectivity index (χ4n) is 0.0645. The minimum absolute atomic E-state index is 0.998. The molecule has 3 heteroatoms. The van der Waals surface area contributed by atoms with E-state index >= 15 is 0 Å². The van der Waals surface area contributed by atoms with Crippen molar-refractivity contribution in [1.29, 1.82) is 0 Å². The van der Waals surface area contributed by atoms with E-state index in [1.807, 2.05) is 4.43 Å². The summed E-state index contributed by atoms with van der Waals surface area (Å²) in [4.78, 5) is 0. The Balaban J connectivity index is 2.48. The summed E-state index contributed by atoms with van der Waals surface area (Å²) in [6.07, 6.45) is 0. The van der Waals surface area contributed by atoms with Gasteiger partial charge in [-0.15, -0.1) is 0 Å². The van der Waals surface area contributed by atoms with Crippen molar-refractivity contribution in [2.75, 3.05) is 0 Å². The van der Waals surface area contributed by atoms with Gasteiger partial charge in [0.1, 0.15) is 0 Å². The van der Waals surface area contributed by atoms with Crippen LogP contribution in [-0.4, -0.2) is 0 Å². The quantitative estimate of drug-likeness (QED) is 0.386. The van der Waals surface area contributed by atoms with Crippen molar-refractivity contribution in [3.05, 3.63) is 11.6 Å². The molecule has 0 amide bonds. The van der Waals surface area contributed by atoms with Crippen molar-refractivity contribution in [2.24, 2.45) is 0 Å². The third-order valence-electron chi connectivity index (χ3n) is 0.194. The Labute approximate surface area is 44.0 Å². The first kappa shape index (κ1) is 5.23. The topological polar surface area (TPSA) is 13.6 Å². The summed E-state index contributed by atoms with van der Waals surface area (Å²) in [5.74, 6) is 0. The molecule has 0 radical (unpaired) electrons. The molecule has 0 aliphatic rings. The van der Waals surface area contributed by atoms with Crippen LogP contribution in [0.1, 0.15) is 0 Å². The number of rotatable bonds is 1. The van der Waals surface area contributed by atoms with Gasteiger partial charge in [0.25, 0.3) is 0 Å². The molecule has 0 aromatic heterocycles. The summed E-state index contributed by atoms with van der Waals surface area (Å²) in [5.41, 5.74) is 0. The maximum absolute atomic E-state index is 6.06. The number of nitrogens with zero attached hydrogens (tertiary/aromatic N) is 1. The van der Waals surface area contributed by atoms with Crippen molar-refractivity contribution < 1.29 is 27.8 Å². The Hall–Kier alpha value is 0.225. The third-order valence-corrected chi connectivity index (χ3v) is 1.70. The van der Waals surface area contributed by atoms with Gasteiger partial charge in [-0.3, -0.25) is 0 Å². The number of hydrogen-bond acceptors (Lipinski definition) is 1. The van der Waals surface area contributed by atoms with E-state index in [1.54, 1.807) is 0 Å². The Bertz CT molecular complexity index is 48.1. The SMILES string of the molecule is [C-]#[N+][O][Hg][CH3]. The van der Waals surface area contributed by atoms with E-state index in [2.05, 4.69) is 7.75 Å². The molecule has 0 aliphatic heterocycles. The van der Waals surface area contributed by atoms with Crippen LogP contribution in [-0.2, 0) is 27.8 Å². The molecule has 24 valence electrons. The van der Waals surface area contributed by atoms with Gasteiger partial charge in [-0.05, 0) is 0 Å². The molecule has 0 saturated carbocycles. The molecule has 0 unspecified atom stereocenters. The molecule has 0 saturated heterocycles. The van der Waals surface area contributed by atoms with Gasteiger partial charge < -0.3 is 0 Å². The van der Waals surface area contributed by atoms with Gasteiger partial charge in [0, 0.05) is 0 Å². The monoisotopic (exact) mass is 259 g/mol. The molecule has 0 fully saturated rings. The summed E-state index contributed by atoms with van der Waals surface area (Å²) < 4.78 is 6.35. The summed E-state index contributed by atoms with van der Waals surface area (Å²) in [7, 11) is 0. The third kappa shape index (κ3) is 4.23. The molecule has 2 nitrogen and oxygen atoms in total. The van der Waals surface area contributed by atoms with Crippen molar-refractivity contribution in [3.63, 3.8) is 0 Å². The van der Waals surface area contributed by atoms with Crippen LogP contribution in [0.25, 0.3) is 5.01 Å². The molecule has 0 atom stereocenters. The van der Waals surface area contributed by atoms with Gasteiger partial charge in [-0.2, -0.15) is 0 Å². The molecule has 0 aromatic carbocycles. The molecular formula is C2H3HgNO. The van der Waals surface area contributed by atoms with Crippen LogP contribution in [0.15, 0.2) is 0 Å². The zero-order valence-corrected chi connectivity index (χ0v) is 8.56. The van der Waals surface area contributed by atoms with E-state index in [1.165, 1.54) is 0 Å². The zero-order valence-electron chi connectivity index (χ0n) is 3.06. The average Bonchev–Trinajstić information content (AvgIpc) is 1.41. The van der Waals surface area contributed by atoms with E-state index in [-0.39, 0.29) is 0 Å². The molecule has 0 heterocycles. The first-order chi connectivity index (χ1) is 2.41. The Morgan fingerprint density at radius 3 is 2.60 bits per heavy atom. The molecule has 0 bridgehead atoms. The zero-order chi connectivity index (χ0) is 4.12. The molecule has 0 aromatic rings. The summed E-state index contributed by atoms with van der Waals surface area (Å²) >= 11 is -0.998. The van der Waals surface area contributed by atoms with Crippen LogP contribution in [0.4, 0.5) is 0 Å². The van der Waals surface area contributed by atoms with E-state index in [9.17, 15) is 0 Å². The van der Waals surface area contributed by atoms with E-state index in [0.29, 0.717) is 0 Å². The van der Waals surface area contributed by atoms with Gasteiger partial charge in [-0.1, -0.05) is 0 Å². The fourth-order valence-corrected chi connectivity index (χ4v) is 0.566. The van der Waals surface area contributed by atoms with E-state index in [4.69, 9.17) is 6.57 Å². The van der Waals surface area contributed by atoms with Gasteiger partial charge in [-0.25, -0.2) is 0 Å². The van der Waals surface area contributed by atoms with Gasteiger partial charge in [0.05, 0.1) is 0 Å². The Morgan fingerprint density at radius 2 is 2.60 bits per heavy atom. The molecule has 0 N–H and O–H groups in total. The second-order valence-corrected chi connectivity index (χ2v) is 3.76. The van der Waals surface area contributed by atoms with Crippen molar-refractivity contribution in [1.82, 2.24) is 0 Å². The van der Waals surface area contributed by atoms with Crippen molar-refractivity contribution in [2.45, 2.75) is 4.43 Å². The molecule has 0 spiro atoms.